The number of cyclic esters (lactones) is 1. The van der Waals surface area contributed by atoms with Gasteiger partial charge < -0.3 is 29.0 Å². The number of likely N-dealkylation sites (N-methyl/N-ethyl adjacent to an activating group) is 1. The van der Waals surface area contributed by atoms with E-state index in [9.17, 15) is 19.5 Å². The highest BCUT2D eigenvalue weighted by Crippen LogP contribution is 2.27. The normalized spacial score (nSPS) is 33.1. The Kier molecular flexibility index (Phi) is 12.1. The second-order valence-electron chi connectivity index (χ2n) is 8.50. The molecule has 1 aliphatic rings. The van der Waals surface area contributed by atoms with Crippen molar-refractivity contribution in [3.8, 4) is 0 Å². The smallest absolute Gasteiger partial charge is 0.309 e. The van der Waals surface area contributed by atoms with Gasteiger partial charge in [0.05, 0.1) is 18.6 Å². The van der Waals surface area contributed by atoms with E-state index in [1.54, 1.807) is 6.92 Å². The first-order valence-corrected chi connectivity index (χ1v) is 10.9. The Hall–Kier alpha value is -1.51. The number of rotatable bonds is 5. The van der Waals surface area contributed by atoms with Gasteiger partial charge in [-0.1, -0.05) is 13.8 Å². The van der Waals surface area contributed by atoms with Crippen LogP contribution >= 0.6 is 0 Å². The van der Waals surface area contributed by atoms with E-state index in [1.165, 1.54) is 7.11 Å². The van der Waals surface area contributed by atoms with E-state index < -0.39 is 30.3 Å². The highest BCUT2D eigenvalue weighted by molar-refractivity contribution is 5.72. The number of carbonyl (C=O) groups excluding carboxylic acids is 3. The molecule has 0 aromatic rings. The number of ether oxygens (including phenoxy) is 3. The molecule has 6 unspecified atom stereocenters. The molecule has 1 saturated heterocycles. The Bertz CT molecular complexity index is 542. The minimum Gasteiger partial charge on any atom is -0.463 e. The van der Waals surface area contributed by atoms with Crippen molar-refractivity contribution in [1.29, 1.82) is 0 Å². The molecule has 30 heavy (non-hydrogen) atoms. The van der Waals surface area contributed by atoms with Crippen molar-refractivity contribution in [1.82, 2.24) is 4.90 Å². The zero-order valence-electron chi connectivity index (χ0n) is 19.0. The topological polar surface area (TPSA) is 102 Å². The van der Waals surface area contributed by atoms with Crippen LogP contribution in [-0.2, 0) is 28.6 Å². The van der Waals surface area contributed by atoms with Gasteiger partial charge in [0.1, 0.15) is 18.5 Å². The average molecular weight is 430 g/mol. The molecule has 1 aliphatic heterocycles. The van der Waals surface area contributed by atoms with Gasteiger partial charge in [-0.05, 0) is 45.1 Å². The van der Waals surface area contributed by atoms with Gasteiger partial charge >= 0.3 is 11.9 Å². The quantitative estimate of drug-likeness (QED) is 0.523. The van der Waals surface area contributed by atoms with Gasteiger partial charge in [0, 0.05) is 33.0 Å². The molecule has 0 aliphatic carbocycles. The van der Waals surface area contributed by atoms with Gasteiger partial charge in [-0.15, -0.1) is 0 Å². The molecular weight excluding hydrogens is 390 g/mol. The lowest BCUT2D eigenvalue weighted by Gasteiger charge is -2.30. The van der Waals surface area contributed by atoms with Gasteiger partial charge in [0.15, 0.2) is 0 Å². The minimum atomic E-state index is -0.788. The van der Waals surface area contributed by atoms with E-state index in [0.29, 0.717) is 38.8 Å². The summed E-state index contributed by atoms with van der Waals surface area (Å²) in [4.78, 5) is 37.7. The Morgan fingerprint density at radius 1 is 1.30 bits per heavy atom. The summed E-state index contributed by atoms with van der Waals surface area (Å²) >= 11 is 0. The summed E-state index contributed by atoms with van der Waals surface area (Å²) in [6.07, 6.45) is 0.771. The standard InChI is InChI=1S/C22H39NO7/c1-6-21(26)30-20-13-22(27)29-16(3)7-9-23(4)14-18(25)15(2)11-17(8-10-24)12-19(20)28-5/h10,15-20,25H,6-9,11-14H2,1-5H3. The molecule has 1 heterocycles. The maximum atomic E-state index is 12.5. The van der Waals surface area contributed by atoms with E-state index in [1.807, 2.05) is 25.8 Å². The number of aldehydes is 1. The summed E-state index contributed by atoms with van der Waals surface area (Å²) in [7, 11) is 3.43. The summed E-state index contributed by atoms with van der Waals surface area (Å²) in [6.45, 7) is 6.65. The van der Waals surface area contributed by atoms with Crippen molar-refractivity contribution < 1.29 is 33.7 Å². The fourth-order valence-corrected chi connectivity index (χ4v) is 3.83. The van der Waals surface area contributed by atoms with Crippen molar-refractivity contribution in [2.75, 3.05) is 27.2 Å². The van der Waals surface area contributed by atoms with Gasteiger partial charge in [-0.25, -0.2) is 0 Å². The monoisotopic (exact) mass is 429 g/mol. The first kappa shape index (κ1) is 26.5. The van der Waals surface area contributed by atoms with Crippen LogP contribution in [0.3, 0.4) is 0 Å². The molecular formula is C22H39NO7. The summed E-state index contributed by atoms with van der Waals surface area (Å²) < 4.78 is 16.6. The summed E-state index contributed by atoms with van der Waals surface area (Å²) in [5, 5.41) is 10.6. The summed E-state index contributed by atoms with van der Waals surface area (Å²) in [5.74, 6) is -0.952. The zero-order valence-corrected chi connectivity index (χ0v) is 19.0. The summed E-state index contributed by atoms with van der Waals surface area (Å²) in [6, 6.07) is 0. The SMILES string of the molecule is CCC(=O)OC1CC(=O)OC(C)CCN(C)CC(O)C(C)CC(CC=O)CC1OC. The Morgan fingerprint density at radius 3 is 2.60 bits per heavy atom. The van der Waals surface area contributed by atoms with Gasteiger partial charge in [-0.2, -0.15) is 0 Å². The van der Waals surface area contributed by atoms with E-state index >= 15 is 0 Å². The number of β-amino-alcohol motifs (C(OH)–C–C–N with tert-alkyl or cyclic N) is 1. The second-order valence-corrected chi connectivity index (χ2v) is 8.50. The first-order valence-electron chi connectivity index (χ1n) is 10.9. The molecule has 8 nitrogen and oxygen atoms in total. The van der Waals surface area contributed by atoms with Crippen LogP contribution in [-0.4, -0.2) is 79.9 Å². The minimum absolute atomic E-state index is 0.0213. The van der Waals surface area contributed by atoms with E-state index in [0.717, 1.165) is 6.29 Å². The van der Waals surface area contributed by atoms with Crippen LogP contribution in [0.25, 0.3) is 0 Å². The zero-order chi connectivity index (χ0) is 22.7. The lowest BCUT2D eigenvalue weighted by Crippen LogP contribution is -2.38. The largest absolute Gasteiger partial charge is 0.463 e. The molecule has 0 aromatic carbocycles. The summed E-state index contributed by atoms with van der Waals surface area (Å²) in [5.41, 5.74) is 0. The van der Waals surface area contributed by atoms with Crippen LogP contribution in [0.1, 0.15) is 59.3 Å². The number of aliphatic hydroxyl groups excluding tert-OH is 1. The Labute approximate surface area is 180 Å². The molecule has 0 saturated carbocycles. The number of nitrogens with zero attached hydrogens (tertiary/aromatic N) is 1. The third kappa shape index (κ3) is 9.53. The Balaban J connectivity index is 3.11. The molecule has 0 bridgehead atoms. The molecule has 0 aromatic heterocycles. The van der Waals surface area contributed by atoms with Crippen LogP contribution in [0.15, 0.2) is 0 Å². The van der Waals surface area contributed by atoms with E-state index in [4.69, 9.17) is 14.2 Å². The van der Waals surface area contributed by atoms with Crippen molar-refractivity contribution in [3.05, 3.63) is 0 Å². The van der Waals surface area contributed by atoms with Gasteiger partial charge in [0.25, 0.3) is 0 Å². The maximum absolute atomic E-state index is 12.5. The van der Waals surface area contributed by atoms with Crippen molar-refractivity contribution in [2.45, 2.75) is 83.7 Å². The third-order valence-corrected chi connectivity index (χ3v) is 5.76. The first-order chi connectivity index (χ1) is 14.2. The van der Waals surface area contributed by atoms with Gasteiger partial charge in [0.2, 0.25) is 0 Å². The van der Waals surface area contributed by atoms with Crippen LogP contribution in [0.4, 0.5) is 0 Å². The van der Waals surface area contributed by atoms with E-state index in [-0.39, 0.29) is 30.8 Å². The maximum Gasteiger partial charge on any atom is 0.309 e. The van der Waals surface area contributed by atoms with Crippen LogP contribution in [0.5, 0.6) is 0 Å². The van der Waals surface area contributed by atoms with Crippen LogP contribution in [0, 0.1) is 11.8 Å². The molecule has 1 fully saturated rings. The third-order valence-electron chi connectivity index (χ3n) is 5.76. The van der Waals surface area contributed by atoms with Gasteiger partial charge in [-0.3, -0.25) is 9.59 Å². The number of methoxy groups -OCH3 is 1. The average Bonchev–Trinajstić information content (AvgIpc) is 2.69. The number of carbonyl (C=O) groups is 3. The number of hydrogen-bond donors (Lipinski definition) is 1. The molecule has 1 N–H and O–H groups in total. The molecule has 174 valence electrons. The highest BCUT2D eigenvalue weighted by atomic mass is 16.6. The lowest BCUT2D eigenvalue weighted by molar-refractivity contribution is -0.165. The lowest BCUT2D eigenvalue weighted by atomic mass is 9.85. The molecule has 0 radical (unpaired) electrons. The predicted octanol–water partition coefficient (Wildman–Crippen LogP) is 1.96. The molecule has 8 heteroatoms. The Morgan fingerprint density at radius 2 is 2.00 bits per heavy atom. The number of hydrogen-bond acceptors (Lipinski definition) is 8. The molecule has 6 atom stereocenters. The predicted molar refractivity (Wildman–Crippen MR) is 112 cm³/mol. The van der Waals surface area contributed by atoms with Crippen LogP contribution in [0.2, 0.25) is 0 Å². The fraction of sp³-hybridized carbons (Fsp3) is 0.864. The molecule has 0 spiro atoms. The number of aliphatic hydroxyl groups is 1. The van der Waals surface area contributed by atoms with Crippen molar-refractivity contribution in [3.63, 3.8) is 0 Å². The second kappa shape index (κ2) is 13.7. The van der Waals surface area contributed by atoms with Crippen molar-refractivity contribution in [2.24, 2.45) is 11.8 Å². The highest BCUT2D eigenvalue weighted by Gasteiger charge is 2.32. The van der Waals surface area contributed by atoms with Crippen LogP contribution < -0.4 is 0 Å². The van der Waals surface area contributed by atoms with Crippen molar-refractivity contribution >= 4 is 18.2 Å². The molecule has 1 rings (SSSR count). The number of esters is 2. The van der Waals surface area contributed by atoms with E-state index in [2.05, 4.69) is 0 Å². The fourth-order valence-electron chi connectivity index (χ4n) is 3.83. The molecule has 0 amide bonds.